The van der Waals surface area contributed by atoms with E-state index in [2.05, 4.69) is 18.3 Å². The maximum atomic E-state index is 14.2. The Bertz CT molecular complexity index is 589. The molecule has 21 heavy (non-hydrogen) atoms. The quantitative estimate of drug-likeness (QED) is 0.900. The third kappa shape index (κ3) is 2.93. The van der Waals surface area contributed by atoms with Crippen LogP contribution in [0.1, 0.15) is 30.5 Å². The van der Waals surface area contributed by atoms with Crippen molar-refractivity contribution in [3.8, 4) is 5.75 Å². The molecule has 2 aromatic rings. The number of nitrogens with one attached hydrogen (secondary N) is 1. The van der Waals surface area contributed by atoms with Gasteiger partial charge in [0.15, 0.2) is 0 Å². The molecule has 0 radical (unpaired) electrons. The molecule has 0 amide bonds. The molecule has 2 unspecified atom stereocenters. The van der Waals surface area contributed by atoms with Crippen molar-refractivity contribution >= 4 is 0 Å². The summed E-state index contributed by atoms with van der Waals surface area (Å²) in [7, 11) is 0. The van der Waals surface area contributed by atoms with Gasteiger partial charge in [-0.2, -0.15) is 0 Å². The minimum atomic E-state index is -0.175. The molecule has 1 aliphatic heterocycles. The lowest BCUT2D eigenvalue weighted by molar-refractivity contribution is 0.176. The van der Waals surface area contributed by atoms with Gasteiger partial charge in [0.25, 0.3) is 0 Å². The topological polar surface area (TPSA) is 21.3 Å². The van der Waals surface area contributed by atoms with Crippen molar-refractivity contribution in [3.05, 3.63) is 65.5 Å². The van der Waals surface area contributed by atoms with Crippen LogP contribution >= 0.6 is 0 Å². The number of rotatable bonds is 5. The molecule has 0 aromatic heterocycles. The second kappa shape index (κ2) is 6.27. The van der Waals surface area contributed by atoms with Crippen molar-refractivity contribution in [1.82, 2.24) is 5.32 Å². The molecular weight excluding hydrogens is 265 g/mol. The molecule has 0 spiro atoms. The summed E-state index contributed by atoms with van der Waals surface area (Å²) in [5, 5.41) is 3.44. The standard InChI is InChI=1S/C18H20FNO/c1-2-11-20-18(14-8-4-5-9-15(14)19)17-12-13-7-3-6-10-16(13)21-17/h3-10,17-18,20H,2,11-12H2,1H3. The summed E-state index contributed by atoms with van der Waals surface area (Å²) in [5.74, 6) is 0.743. The fourth-order valence-electron chi connectivity index (χ4n) is 2.86. The number of hydrogen-bond donors (Lipinski definition) is 1. The molecule has 1 heterocycles. The molecule has 110 valence electrons. The van der Waals surface area contributed by atoms with Crippen molar-refractivity contribution < 1.29 is 9.13 Å². The molecule has 2 nitrogen and oxygen atoms in total. The molecule has 0 saturated carbocycles. The summed E-state index contributed by atoms with van der Waals surface area (Å²) < 4.78 is 20.2. The fourth-order valence-corrected chi connectivity index (χ4v) is 2.86. The lowest BCUT2D eigenvalue weighted by Crippen LogP contribution is -2.36. The third-order valence-electron chi connectivity index (χ3n) is 3.90. The number of fused-ring (bicyclic) bond motifs is 1. The van der Waals surface area contributed by atoms with Gasteiger partial charge in [-0.25, -0.2) is 4.39 Å². The van der Waals surface area contributed by atoms with Crippen LogP contribution in [0.4, 0.5) is 4.39 Å². The highest BCUT2D eigenvalue weighted by Gasteiger charge is 2.32. The van der Waals surface area contributed by atoms with Crippen LogP contribution in [0, 0.1) is 5.82 Å². The second-order valence-corrected chi connectivity index (χ2v) is 5.42. The van der Waals surface area contributed by atoms with Crippen LogP contribution in [-0.2, 0) is 6.42 Å². The molecule has 0 fully saturated rings. The molecule has 0 saturated heterocycles. The van der Waals surface area contributed by atoms with E-state index in [1.807, 2.05) is 30.3 Å². The van der Waals surface area contributed by atoms with E-state index in [1.54, 1.807) is 6.07 Å². The first kappa shape index (κ1) is 14.1. The van der Waals surface area contributed by atoms with Crippen LogP contribution in [0.25, 0.3) is 0 Å². The van der Waals surface area contributed by atoms with Crippen LogP contribution in [-0.4, -0.2) is 12.6 Å². The Morgan fingerprint density at radius 2 is 1.95 bits per heavy atom. The molecule has 1 aliphatic rings. The maximum absolute atomic E-state index is 14.2. The number of hydrogen-bond acceptors (Lipinski definition) is 2. The Balaban J connectivity index is 1.86. The van der Waals surface area contributed by atoms with Gasteiger partial charge in [-0.1, -0.05) is 43.3 Å². The fraction of sp³-hybridized carbons (Fsp3) is 0.333. The molecule has 3 rings (SSSR count). The zero-order valence-electron chi connectivity index (χ0n) is 12.2. The van der Waals surface area contributed by atoms with E-state index in [0.717, 1.165) is 25.1 Å². The van der Waals surface area contributed by atoms with E-state index in [9.17, 15) is 4.39 Å². The summed E-state index contributed by atoms with van der Waals surface area (Å²) in [5.41, 5.74) is 1.88. The zero-order chi connectivity index (χ0) is 14.7. The molecular formula is C18H20FNO. The van der Waals surface area contributed by atoms with Crippen LogP contribution in [0.3, 0.4) is 0 Å². The maximum Gasteiger partial charge on any atom is 0.128 e. The van der Waals surface area contributed by atoms with Gasteiger partial charge < -0.3 is 10.1 Å². The third-order valence-corrected chi connectivity index (χ3v) is 3.90. The second-order valence-electron chi connectivity index (χ2n) is 5.42. The lowest BCUT2D eigenvalue weighted by Gasteiger charge is -2.25. The SMILES string of the molecule is CCCNC(c1ccccc1F)C1Cc2ccccc2O1. The van der Waals surface area contributed by atoms with E-state index in [-0.39, 0.29) is 18.0 Å². The van der Waals surface area contributed by atoms with Crippen molar-refractivity contribution in [2.24, 2.45) is 0 Å². The van der Waals surface area contributed by atoms with E-state index < -0.39 is 0 Å². The highest BCUT2D eigenvalue weighted by molar-refractivity contribution is 5.38. The van der Waals surface area contributed by atoms with E-state index in [1.165, 1.54) is 11.6 Å². The van der Waals surface area contributed by atoms with E-state index in [4.69, 9.17) is 4.74 Å². The Morgan fingerprint density at radius 3 is 2.71 bits per heavy atom. The first-order valence-corrected chi connectivity index (χ1v) is 7.52. The molecule has 2 atom stereocenters. The van der Waals surface area contributed by atoms with Crippen LogP contribution in [0.5, 0.6) is 5.75 Å². The molecule has 1 N–H and O–H groups in total. The minimum absolute atomic E-state index is 0.0640. The highest BCUT2D eigenvalue weighted by Crippen LogP contribution is 2.34. The number of ether oxygens (including phenoxy) is 1. The first-order chi connectivity index (χ1) is 10.3. The van der Waals surface area contributed by atoms with Crippen molar-refractivity contribution in [1.29, 1.82) is 0 Å². The Morgan fingerprint density at radius 1 is 1.19 bits per heavy atom. The predicted octanol–water partition coefficient (Wildman–Crippen LogP) is 3.87. The van der Waals surface area contributed by atoms with E-state index >= 15 is 0 Å². The minimum Gasteiger partial charge on any atom is -0.488 e. The average molecular weight is 285 g/mol. The summed E-state index contributed by atoms with van der Waals surface area (Å²) in [6.45, 7) is 2.95. The average Bonchev–Trinajstić information content (AvgIpc) is 2.93. The van der Waals surface area contributed by atoms with Gasteiger partial charge in [0.1, 0.15) is 17.7 Å². The van der Waals surface area contributed by atoms with Gasteiger partial charge in [-0.3, -0.25) is 0 Å². The molecule has 0 aliphatic carbocycles. The summed E-state index contributed by atoms with van der Waals surface area (Å²) in [4.78, 5) is 0. The monoisotopic (exact) mass is 285 g/mol. The van der Waals surface area contributed by atoms with Gasteiger partial charge >= 0.3 is 0 Å². The largest absolute Gasteiger partial charge is 0.488 e. The zero-order valence-corrected chi connectivity index (χ0v) is 12.2. The number of para-hydroxylation sites is 1. The van der Waals surface area contributed by atoms with Gasteiger partial charge in [-0.15, -0.1) is 0 Å². The van der Waals surface area contributed by atoms with Crippen LogP contribution in [0.2, 0.25) is 0 Å². The lowest BCUT2D eigenvalue weighted by atomic mass is 9.97. The normalized spacial score (nSPS) is 18.1. The van der Waals surface area contributed by atoms with Crippen molar-refractivity contribution in [3.63, 3.8) is 0 Å². The van der Waals surface area contributed by atoms with Gasteiger partial charge in [0.05, 0.1) is 6.04 Å². The van der Waals surface area contributed by atoms with Gasteiger partial charge in [0, 0.05) is 12.0 Å². The van der Waals surface area contributed by atoms with Crippen molar-refractivity contribution in [2.45, 2.75) is 31.9 Å². The predicted molar refractivity (Wildman–Crippen MR) is 82.0 cm³/mol. The summed E-state index contributed by atoms with van der Waals surface area (Å²) in [6, 6.07) is 14.9. The summed E-state index contributed by atoms with van der Waals surface area (Å²) in [6.07, 6.45) is 1.75. The first-order valence-electron chi connectivity index (χ1n) is 7.52. The summed E-state index contributed by atoms with van der Waals surface area (Å²) >= 11 is 0. The molecule has 0 bridgehead atoms. The Kier molecular flexibility index (Phi) is 4.20. The number of halogens is 1. The highest BCUT2D eigenvalue weighted by atomic mass is 19.1. The van der Waals surface area contributed by atoms with Gasteiger partial charge in [0.2, 0.25) is 0 Å². The van der Waals surface area contributed by atoms with Crippen LogP contribution in [0.15, 0.2) is 48.5 Å². The number of benzene rings is 2. The van der Waals surface area contributed by atoms with Crippen molar-refractivity contribution in [2.75, 3.05) is 6.54 Å². The van der Waals surface area contributed by atoms with Gasteiger partial charge in [-0.05, 0) is 30.7 Å². The molecule has 3 heteroatoms. The smallest absolute Gasteiger partial charge is 0.128 e. The Labute approximate surface area is 125 Å². The van der Waals surface area contributed by atoms with Crippen LogP contribution < -0.4 is 10.1 Å². The van der Waals surface area contributed by atoms with E-state index in [0.29, 0.717) is 5.56 Å². The Hall–Kier alpha value is -1.87. The molecule has 2 aromatic carbocycles.